The molecule has 0 heterocycles. The second-order valence-corrected chi connectivity index (χ2v) is 5.37. The highest BCUT2D eigenvalue weighted by atomic mass is 16.5. The van der Waals surface area contributed by atoms with Gasteiger partial charge in [-0.25, -0.2) is 0 Å². The molecule has 3 heteroatoms. The van der Waals surface area contributed by atoms with E-state index in [0.29, 0.717) is 6.61 Å². The van der Waals surface area contributed by atoms with E-state index in [1.165, 1.54) is 38.5 Å². The van der Waals surface area contributed by atoms with Gasteiger partial charge >= 0.3 is 0 Å². The number of hydrogen-bond donors (Lipinski definition) is 2. The van der Waals surface area contributed by atoms with Crippen LogP contribution in [0.2, 0.25) is 0 Å². The summed E-state index contributed by atoms with van der Waals surface area (Å²) in [7, 11) is 0. The van der Waals surface area contributed by atoms with Crippen molar-refractivity contribution in [2.45, 2.75) is 45.4 Å². The lowest BCUT2D eigenvalue weighted by Crippen LogP contribution is -2.13. The van der Waals surface area contributed by atoms with E-state index in [9.17, 15) is 0 Å². The van der Waals surface area contributed by atoms with Crippen molar-refractivity contribution in [1.82, 2.24) is 0 Å². The van der Waals surface area contributed by atoms with Gasteiger partial charge in [0.2, 0.25) is 0 Å². The summed E-state index contributed by atoms with van der Waals surface area (Å²) in [4.78, 5) is 0. The van der Waals surface area contributed by atoms with Crippen molar-refractivity contribution in [2.75, 3.05) is 24.2 Å². The molecule has 1 aromatic carbocycles. The highest BCUT2D eigenvalue weighted by Gasteiger charge is 2.13. The standard InChI is InChI=1S/C16H26N2O/c1-2-19-15-10-6-9-14(16(15)17)18-12-11-13-7-4-3-5-8-13/h6,9-10,13,18H,2-5,7-8,11-12,17H2,1H3. The third-order valence-corrected chi connectivity index (χ3v) is 3.96. The molecule has 1 aliphatic rings. The van der Waals surface area contributed by atoms with Crippen LogP contribution in [0.1, 0.15) is 45.4 Å². The average molecular weight is 262 g/mol. The number of hydrogen-bond acceptors (Lipinski definition) is 3. The number of ether oxygens (including phenoxy) is 1. The van der Waals surface area contributed by atoms with Crippen molar-refractivity contribution < 1.29 is 4.74 Å². The summed E-state index contributed by atoms with van der Waals surface area (Å²) in [6.45, 7) is 3.63. The van der Waals surface area contributed by atoms with Gasteiger partial charge in [-0.1, -0.05) is 38.2 Å². The Kier molecular flexibility index (Phi) is 5.37. The minimum Gasteiger partial charge on any atom is -0.492 e. The predicted octanol–water partition coefficient (Wildman–Crippen LogP) is 4.05. The lowest BCUT2D eigenvalue weighted by molar-refractivity contribution is 0.342. The average Bonchev–Trinajstić information content (AvgIpc) is 2.44. The highest BCUT2D eigenvalue weighted by molar-refractivity contribution is 5.72. The Bertz CT molecular complexity index is 386. The second-order valence-electron chi connectivity index (χ2n) is 5.37. The minimum atomic E-state index is 0.649. The van der Waals surface area contributed by atoms with E-state index in [0.717, 1.165) is 29.6 Å². The fourth-order valence-electron chi connectivity index (χ4n) is 2.87. The van der Waals surface area contributed by atoms with Gasteiger partial charge in [0, 0.05) is 6.54 Å². The SMILES string of the molecule is CCOc1cccc(NCCC2CCCCC2)c1N. The van der Waals surface area contributed by atoms with Crippen LogP contribution in [0.5, 0.6) is 5.75 Å². The van der Waals surface area contributed by atoms with Gasteiger partial charge in [-0.15, -0.1) is 0 Å². The van der Waals surface area contributed by atoms with Gasteiger partial charge in [-0.3, -0.25) is 0 Å². The first kappa shape index (κ1) is 14.0. The maximum Gasteiger partial charge on any atom is 0.144 e. The maximum absolute atomic E-state index is 6.10. The summed E-state index contributed by atoms with van der Waals surface area (Å²) < 4.78 is 5.51. The van der Waals surface area contributed by atoms with E-state index in [1.807, 2.05) is 25.1 Å². The first-order valence-electron chi connectivity index (χ1n) is 7.56. The predicted molar refractivity (Wildman–Crippen MR) is 81.7 cm³/mol. The quantitative estimate of drug-likeness (QED) is 0.760. The minimum absolute atomic E-state index is 0.649. The van der Waals surface area contributed by atoms with Gasteiger partial charge in [-0.05, 0) is 31.4 Å². The van der Waals surface area contributed by atoms with Crippen molar-refractivity contribution in [3.05, 3.63) is 18.2 Å². The lowest BCUT2D eigenvalue weighted by atomic mass is 9.87. The first-order chi connectivity index (χ1) is 9.31. The molecule has 3 nitrogen and oxygen atoms in total. The Morgan fingerprint density at radius 1 is 1.26 bits per heavy atom. The van der Waals surface area contributed by atoms with Crippen LogP contribution in [-0.2, 0) is 0 Å². The van der Waals surface area contributed by atoms with Crippen molar-refractivity contribution in [3.63, 3.8) is 0 Å². The van der Waals surface area contributed by atoms with Gasteiger partial charge in [0.25, 0.3) is 0 Å². The topological polar surface area (TPSA) is 47.3 Å². The molecule has 106 valence electrons. The van der Waals surface area contributed by atoms with Crippen molar-refractivity contribution in [3.8, 4) is 5.75 Å². The summed E-state index contributed by atoms with van der Waals surface area (Å²) in [5.41, 5.74) is 7.83. The molecular formula is C16H26N2O. The molecule has 0 atom stereocenters. The molecule has 0 radical (unpaired) electrons. The Hall–Kier alpha value is -1.38. The zero-order valence-corrected chi connectivity index (χ0v) is 12.0. The zero-order valence-electron chi connectivity index (χ0n) is 12.0. The molecule has 0 unspecified atom stereocenters. The fraction of sp³-hybridized carbons (Fsp3) is 0.625. The van der Waals surface area contributed by atoms with Crippen LogP contribution in [0.15, 0.2) is 18.2 Å². The smallest absolute Gasteiger partial charge is 0.144 e. The van der Waals surface area contributed by atoms with E-state index in [-0.39, 0.29) is 0 Å². The molecule has 1 fully saturated rings. The molecule has 0 amide bonds. The van der Waals surface area contributed by atoms with E-state index >= 15 is 0 Å². The molecule has 2 rings (SSSR count). The number of nitrogens with two attached hydrogens (primary N) is 1. The van der Waals surface area contributed by atoms with Crippen LogP contribution in [0.3, 0.4) is 0 Å². The summed E-state index contributed by atoms with van der Waals surface area (Å²) in [6, 6.07) is 5.94. The molecule has 1 saturated carbocycles. The number of anilines is 2. The maximum atomic E-state index is 6.10. The monoisotopic (exact) mass is 262 g/mol. The number of benzene rings is 1. The van der Waals surface area contributed by atoms with E-state index in [2.05, 4.69) is 5.32 Å². The Morgan fingerprint density at radius 2 is 2.05 bits per heavy atom. The lowest BCUT2D eigenvalue weighted by Gasteiger charge is -2.22. The fourth-order valence-corrected chi connectivity index (χ4v) is 2.87. The highest BCUT2D eigenvalue weighted by Crippen LogP contribution is 2.30. The van der Waals surface area contributed by atoms with Gasteiger partial charge in [-0.2, -0.15) is 0 Å². The van der Waals surface area contributed by atoms with E-state index in [4.69, 9.17) is 10.5 Å². The summed E-state index contributed by atoms with van der Waals surface area (Å²) >= 11 is 0. The molecule has 1 aliphatic carbocycles. The first-order valence-corrected chi connectivity index (χ1v) is 7.56. The number of nitrogens with one attached hydrogen (secondary N) is 1. The molecule has 3 N–H and O–H groups in total. The van der Waals surface area contributed by atoms with Crippen molar-refractivity contribution in [2.24, 2.45) is 5.92 Å². The summed E-state index contributed by atoms with van der Waals surface area (Å²) in [6.07, 6.45) is 8.29. The molecule has 1 aromatic rings. The van der Waals surface area contributed by atoms with E-state index < -0.39 is 0 Å². The molecule has 0 saturated heterocycles. The van der Waals surface area contributed by atoms with Crippen molar-refractivity contribution >= 4 is 11.4 Å². The molecule has 0 spiro atoms. The molecule has 0 aliphatic heterocycles. The van der Waals surface area contributed by atoms with E-state index in [1.54, 1.807) is 0 Å². The summed E-state index contributed by atoms with van der Waals surface area (Å²) in [5, 5.41) is 3.45. The Labute approximate surface area is 116 Å². The molecular weight excluding hydrogens is 236 g/mol. The zero-order chi connectivity index (χ0) is 13.5. The Morgan fingerprint density at radius 3 is 2.79 bits per heavy atom. The second kappa shape index (κ2) is 7.27. The van der Waals surface area contributed by atoms with Crippen LogP contribution >= 0.6 is 0 Å². The third-order valence-electron chi connectivity index (χ3n) is 3.96. The van der Waals surface area contributed by atoms with Crippen LogP contribution < -0.4 is 15.8 Å². The molecule has 19 heavy (non-hydrogen) atoms. The van der Waals surface area contributed by atoms with Crippen molar-refractivity contribution in [1.29, 1.82) is 0 Å². The van der Waals surface area contributed by atoms with Gasteiger partial charge < -0.3 is 15.8 Å². The number of rotatable bonds is 6. The molecule has 0 bridgehead atoms. The van der Waals surface area contributed by atoms with Gasteiger partial charge in [0.05, 0.1) is 18.0 Å². The van der Waals surface area contributed by atoms with Gasteiger partial charge in [0.1, 0.15) is 5.75 Å². The van der Waals surface area contributed by atoms with Crippen LogP contribution in [-0.4, -0.2) is 13.2 Å². The van der Waals surface area contributed by atoms with Gasteiger partial charge in [0.15, 0.2) is 0 Å². The number of para-hydroxylation sites is 1. The van der Waals surface area contributed by atoms with Crippen LogP contribution in [0.25, 0.3) is 0 Å². The number of nitrogen functional groups attached to an aromatic ring is 1. The summed E-state index contributed by atoms with van der Waals surface area (Å²) in [5.74, 6) is 1.68. The van der Waals surface area contributed by atoms with Crippen LogP contribution in [0, 0.1) is 5.92 Å². The largest absolute Gasteiger partial charge is 0.492 e. The normalized spacial score (nSPS) is 16.3. The molecule has 0 aromatic heterocycles. The Balaban J connectivity index is 1.83. The third kappa shape index (κ3) is 4.05. The van der Waals surface area contributed by atoms with Crippen LogP contribution in [0.4, 0.5) is 11.4 Å².